The average Bonchev–Trinajstić information content (AvgIpc) is 2.49. The second kappa shape index (κ2) is 7.02. The summed E-state index contributed by atoms with van der Waals surface area (Å²) in [6.07, 6.45) is 2.00. The molecule has 110 valence electrons. The van der Waals surface area contributed by atoms with Crippen LogP contribution in [0.25, 0.3) is 0 Å². The predicted molar refractivity (Wildman–Crippen MR) is 83.9 cm³/mol. The van der Waals surface area contributed by atoms with Crippen molar-refractivity contribution in [3.05, 3.63) is 65.0 Å². The largest absolute Gasteiger partial charge is 0.325 e. The van der Waals surface area contributed by atoms with Crippen molar-refractivity contribution in [1.82, 2.24) is 0 Å². The van der Waals surface area contributed by atoms with E-state index >= 15 is 0 Å². The molecule has 1 amide bonds. The van der Waals surface area contributed by atoms with Crippen molar-refractivity contribution < 1.29 is 9.18 Å². The van der Waals surface area contributed by atoms with Crippen molar-refractivity contribution in [1.29, 1.82) is 0 Å². The third kappa shape index (κ3) is 3.91. The van der Waals surface area contributed by atoms with E-state index in [-0.39, 0.29) is 18.1 Å². The highest BCUT2D eigenvalue weighted by Crippen LogP contribution is 2.22. The van der Waals surface area contributed by atoms with Gasteiger partial charge in [-0.15, -0.1) is 0 Å². The third-order valence-electron chi connectivity index (χ3n) is 3.54. The van der Waals surface area contributed by atoms with Gasteiger partial charge in [-0.3, -0.25) is 4.79 Å². The standard InChI is InChI=1S/C18H20FNO/c1-3-14-6-5-7-15(4-2)18(14)20-17(21)12-13-8-10-16(19)11-9-13/h5-11H,3-4,12H2,1-2H3,(H,20,21). The van der Waals surface area contributed by atoms with Crippen LogP contribution in [0.3, 0.4) is 0 Å². The van der Waals surface area contributed by atoms with Crippen LogP contribution < -0.4 is 5.32 Å². The summed E-state index contributed by atoms with van der Waals surface area (Å²) in [7, 11) is 0. The van der Waals surface area contributed by atoms with Gasteiger partial charge < -0.3 is 5.32 Å². The molecule has 0 saturated heterocycles. The fourth-order valence-electron chi connectivity index (χ4n) is 2.37. The fourth-order valence-corrected chi connectivity index (χ4v) is 2.37. The van der Waals surface area contributed by atoms with E-state index in [2.05, 4.69) is 19.2 Å². The second-order valence-electron chi connectivity index (χ2n) is 5.01. The maximum absolute atomic E-state index is 12.9. The Bertz CT molecular complexity index is 597. The highest BCUT2D eigenvalue weighted by molar-refractivity contribution is 5.93. The van der Waals surface area contributed by atoms with Crippen molar-refractivity contribution in [3.8, 4) is 0 Å². The summed E-state index contributed by atoms with van der Waals surface area (Å²) < 4.78 is 12.9. The summed E-state index contributed by atoms with van der Waals surface area (Å²) in [6.45, 7) is 4.15. The Balaban J connectivity index is 2.14. The molecule has 0 aromatic heterocycles. The Morgan fingerprint density at radius 1 is 1.00 bits per heavy atom. The maximum Gasteiger partial charge on any atom is 0.228 e. The zero-order valence-corrected chi connectivity index (χ0v) is 12.4. The number of benzene rings is 2. The summed E-state index contributed by atoms with van der Waals surface area (Å²) in [5, 5.41) is 3.01. The second-order valence-corrected chi connectivity index (χ2v) is 5.01. The number of anilines is 1. The number of amides is 1. The van der Waals surface area contributed by atoms with E-state index in [9.17, 15) is 9.18 Å². The molecule has 0 saturated carbocycles. The first-order valence-electron chi connectivity index (χ1n) is 7.29. The molecule has 2 aromatic carbocycles. The topological polar surface area (TPSA) is 29.1 Å². The number of carbonyl (C=O) groups excluding carboxylic acids is 1. The van der Waals surface area contributed by atoms with Gasteiger partial charge in [-0.1, -0.05) is 44.2 Å². The Morgan fingerprint density at radius 3 is 2.10 bits per heavy atom. The van der Waals surface area contributed by atoms with E-state index in [0.717, 1.165) is 35.2 Å². The Labute approximate surface area is 125 Å². The van der Waals surface area contributed by atoms with Crippen LogP contribution in [0.1, 0.15) is 30.5 Å². The molecule has 0 bridgehead atoms. The van der Waals surface area contributed by atoms with Crippen molar-refractivity contribution in [3.63, 3.8) is 0 Å². The van der Waals surface area contributed by atoms with Gasteiger partial charge in [0.1, 0.15) is 5.82 Å². The molecule has 0 aliphatic carbocycles. The van der Waals surface area contributed by atoms with Crippen LogP contribution in [-0.2, 0) is 24.1 Å². The number of halogens is 1. The van der Waals surface area contributed by atoms with Crippen LogP contribution in [0.2, 0.25) is 0 Å². The number of nitrogens with one attached hydrogen (secondary N) is 1. The van der Waals surface area contributed by atoms with E-state index in [1.54, 1.807) is 12.1 Å². The summed E-state index contributed by atoms with van der Waals surface area (Å²) in [5.74, 6) is -0.360. The molecule has 0 aliphatic rings. The predicted octanol–water partition coefficient (Wildman–Crippen LogP) is 4.13. The minimum atomic E-state index is -0.288. The van der Waals surface area contributed by atoms with Gasteiger partial charge in [-0.05, 0) is 41.7 Å². The lowest BCUT2D eigenvalue weighted by atomic mass is 10.0. The zero-order chi connectivity index (χ0) is 15.2. The molecule has 0 unspecified atom stereocenters. The zero-order valence-electron chi connectivity index (χ0n) is 12.4. The molecule has 2 rings (SSSR count). The molecule has 3 heteroatoms. The lowest BCUT2D eigenvalue weighted by Crippen LogP contribution is -2.17. The van der Waals surface area contributed by atoms with Gasteiger partial charge in [0.2, 0.25) is 5.91 Å². The smallest absolute Gasteiger partial charge is 0.228 e. The van der Waals surface area contributed by atoms with Crippen molar-refractivity contribution in [2.24, 2.45) is 0 Å². The number of aryl methyl sites for hydroxylation is 2. The molecular weight excluding hydrogens is 265 g/mol. The first kappa shape index (κ1) is 15.2. The van der Waals surface area contributed by atoms with Gasteiger partial charge in [-0.25, -0.2) is 4.39 Å². The normalized spacial score (nSPS) is 10.4. The number of para-hydroxylation sites is 1. The molecular formula is C18H20FNO. The summed E-state index contributed by atoms with van der Waals surface area (Å²) in [5.41, 5.74) is 4.01. The van der Waals surface area contributed by atoms with Gasteiger partial charge in [0.25, 0.3) is 0 Å². The van der Waals surface area contributed by atoms with Crippen molar-refractivity contribution >= 4 is 11.6 Å². The molecule has 2 aromatic rings. The maximum atomic E-state index is 12.9. The molecule has 0 heterocycles. The molecule has 0 radical (unpaired) electrons. The molecule has 0 spiro atoms. The fraction of sp³-hybridized carbons (Fsp3) is 0.278. The molecule has 2 nitrogen and oxygen atoms in total. The minimum Gasteiger partial charge on any atom is -0.325 e. The van der Waals surface area contributed by atoms with E-state index < -0.39 is 0 Å². The van der Waals surface area contributed by atoms with E-state index in [0.29, 0.717) is 0 Å². The molecule has 0 atom stereocenters. The van der Waals surface area contributed by atoms with E-state index in [4.69, 9.17) is 0 Å². The molecule has 21 heavy (non-hydrogen) atoms. The third-order valence-corrected chi connectivity index (χ3v) is 3.54. The van der Waals surface area contributed by atoms with Crippen LogP contribution >= 0.6 is 0 Å². The van der Waals surface area contributed by atoms with Gasteiger partial charge in [-0.2, -0.15) is 0 Å². The first-order chi connectivity index (χ1) is 10.1. The lowest BCUT2D eigenvalue weighted by molar-refractivity contribution is -0.115. The van der Waals surface area contributed by atoms with Gasteiger partial charge in [0.15, 0.2) is 0 Å². The SMILES string of the molecule is CCc1cccc(CC)c1NC(=O)Cc1ccc(F)cc1. The monoisotopic (exact) mass is 285 g/mol. The Kier molecular flexibility index (Phi) is 5.09. The van der Waals surface area contributed by atoms with Gasteiger partial charge >= 0.3 is 0 Å². The number of hydrogen-bond donors (Lipinski definition) is 1. The van der Waals surface area contributed by atoms with E-state index in [1.807, 2.05) is 18.2 Å². The Hall–Kier alpha value is -2.16. The van der Waals surface area contributed by atoms with Crippen LogP contribution in [0, 0.1) is 5.82 Å². The van der Waals surface area contributed by atoms with Crippen LogP contribution in [0.5, 0.6) is 0 Å². The highest BCUT2D eigenvalue weighted by Gasteiger charge is 2.10. The van der Waals surface area contributed by atoms with Crippen molar-refractivity contribution in [2.45, 2.75) is 33.1 Å². The minimum absolute atomic E-state index is 0.0720. The lowest BCUT2D eigenvalue weighted by Gasteiger charge is -2.14. The average molecular weight is 285 g/mol. The number of hydrogen-bond acceptors (Lipinski definition) is 1. The first-order valence-corrected chi connectivity index (χ1v) is 7.29. The van der Waals surface area contributed by atoms with Crippen LogP contribution in [0.15, 0.2) is 42.5 Å². The summed E-state index contributed by atoms with van der Waals surface area (Å²) in [6, 6.07) is 12.1. The summed E-state index contributed by atoms with van der Waals surface area (Å²) in [4.78, 5) is 12.2. The number of rotatable bonds is 5. The van der Waals surface area contributed by atoms with Crippen LogP contribution in [-0.4, -0.2) is 5.91 Å². The van der Waals surface area contributed by atoms with Gasteiger partial charge in [0.05, 0.1) is 6.42 Å². The molecule has 0 aliphatic heterocycles. The molecule has 0 fully saturated rings. The van der Waals surface area contributed by atoms with Crippen molar-refractivity contribution in [2.75, 3.05) is 5.32 Å². The quantitative estimate of drug-likeness (QED) is 0.879. The molecule has 1 N–H and O–H groups in total. The highest BCUT2D eigenvalue weighted by atomic mass is 19.1. The summed E-state index contributed by atoms with van der Waals surface area (Å²) >= 11 is 0. The van der Waals surface area contributed by atoms with Gasteiger partial charge in [0, 0.05) is 5.69 Å². The van der Waals surface area contributed by atoms with Crippen LogP contribution in [0.4, 0.5) is 10.1 Å². The number of carbonyl (C=O) groups is 1. The Morgan fingerprint density at radius 2 is 1.57 bits per heavy atom. The van der Waals surface area contributed by atoms with E-state index in [1.165, 1.54) is 12.1 Å².